The average Bonchev–Trinajstić information content (AvgIpc) is 3.15. The number of anilines is 1. The standard InChI is InChI=1S/C17H19N5O3/c18-7-3-11-21(12-4-8-19)17(23)14-5-6-15(16(13-14)22(24)25)20-9-1-2-10-20/h5-6,13H,1-4,9-12H2. The molecule has 1 aromatic carbocycles. The summed E-state index contributed by atoms with van der Waals surface area (Å²) >= 11 is 0. The van der Waals surface area contributed by atoms with E-state index in [1.807, 2.05) is 17.0 Å². The Morgan fingerprint density at radius 1 is 1.20 bits per heavy atom. The highest BCUT2D eigenvalue weighted by molar-refractivity contribution is 5.95. The van der Waals surface area contributed by atoms with E-state index in [0.29, 0.717) is 5.69 Å². The van der Waals surface area contributed by atoms with Crippen LogP contribution in [0.25, 0.3) is 0 Å². The molecule has 1 aliphatic heterocycles. The Morgan fingerprint density at radius 3 is 2.32 bits per heavy atom. The van der Waals surface area contributed by atoms with Gasteiger partial charge in [0.25, 0.3) is 11.6 Å². The van der Waals surface area contributed by atoms with E-state index in [9.17, 15) is 14.9 Å². The van der Waals surface area contributed by atoms with Crippen LogP contribution in [0.4, 0.5) is 11.4 Å². The molecule has 0 aromatic heterocycles. The van der Waals surface area contributed by atoms with Gasteiger partial charge in [0.2, 0.25) is 0 Å². The molecule has 1 fully saturated rings. The number of nitro benzene ring substituents is 1. The number of rotatable bonds is 7. The van der Waals surface area contributed by atoms with Gasteiger partial charge >= 0.3 is 0 Å². The van der Waals surface area contributed by atoms with E-state index >= 15 is 0 Å². The van der Waals surface area contributed by atoms with Crippen LogP contribution in [0.3, 0.4) is 0 Å². The van der Waals surface area contributed by atoms with Gasteiger partial charge in [0.15, 0.2) is 0 Å². The molecule has 2 rings (SSSR count). The van der Waals surface area contributed by atoms with Crippen LogP contribution in [-0.4, -0.2) is 41.9 Å². The molecule has 0 unspecified atom stereocenters. The van der Waals surface area contributed by atoms with E-state index in [-0.39, 0.29) is 37.2 Å². The molecule has 0 saturated carbocycles. The first-order chi connectivity index (χ1) is 12.1. The third-order valence-corrected chi connectivity index (χ3v) is 4.14. The summed E-state index contributed by atoms with van der Waals surface area (Å²) in [5.74, 6) is -0.401. The van der Waals surface area contributed by atoms with E-state index in [4.69, 9.17) is 10.5 Å². The summed E-state index contributed by atoms with van der Waals surface area (Å²) in [5.41, 5.74) is 0.637. The van der Waals surface area contributed by atoms with Crippen LogP contribution in [0.5, 0.6) is 0 Å². The van der Waals surface area contributed by atoms with Crippen LogP contribution in [0.2, 0.25) is 0 Å². The fraction of sp³-hybridized carbons (Fsp3) is 0.471. The number of nitrogens with zero attached hydrogens (tertiary/aromatic N) is 5. The van der Waals surface area contributed by atoms with Crippen molar-refractivity contribution >= 4 is 17.3 Å². The van der Waals surface area contributed by atoms with Crippen molar-refractivity contribution in [1.29, 1.82) is 10.5 Å². The molecule has 0 atom stereocenters. The van der Waals surface area contributed by atoms with Crippen molar-refractivity contribution in [3.63, 3.8) is 0 Å². The summed E-state index contributed by atoms with van der Waals surface area (Å²) in [6.07, 6.45) is 2.28. The lowest BCUT2D eigenvalue weighted by atomic mass is 10.1. The second kappa shape index (κ2) is 8.65. The van der Waals surface area contributed by atoms with Crippen molar-refractivity contribution < 1.29 is 9.72 Å². The number of nitriles is 2. The summed E-state index contributed by atoms with van der Waals surface area (Å²) in [4.78, 5) is 26.9. The second-order valence-electron chi connectivity index (χ2n) is 5.76. The minimum atomic E-state index is -0.473. The van der Waals surface area contributed by atoms with Gasteiger partial charge < -0.3 is 9.80 Å². The molecule has 1 heterocycles. The number of carbonyl (C=O) groups excluding carboxylic acids is 1. The van der Waals surface area contributed by atoms with Gasteiger partial charge in [0.1, 0.15) is 5.69 Å². The summed E-state index contributed by atoms with van der Waals surface area (Å²) < 4.78 is 0. The van der Waals surface area contributed by atoms with E-state index in [0.717, 1.165) is 25.9 Å². The van der Waals surface area contributed by atoms with Crippen LogP contribution < -0.4 is 4.90 Å². The van der Waals surface area contributed by atoms with Gasteiger partial charge in [-0.25, -0.2) is 0 Å². The maximum atomic E-state index is 12.6. The maximum Gasteiger partial charge on any atom is 0.293 e. The van der Waals surface area contributed by atoms with Crippen LogP contribution in [0.1, 0.15) is 36.0 Å². The zero-order valence-electron chi connectivity index (χ0n) is 13.8. The quantitative estimate of drug-likeness (QED) is 0.556. The Morgan fingerprint density at radius 2 is 1.80 bits per heavy atom. The fourth-order valence-electron chi connectivity index (χ4n) is 2.90. The van der Waals surface area contributed by atoms with Crippen molar-refractivity contribution in [3.8, 4) is 12.1 Å². The molecule has 130 valence electrons. The van der Waals surface area contributed by atoms with E-state index in [1.165, 1.54) is 11.0 Å². The zero-order valence-corrected chi connectivity index (χ0v) is 13.8. The van der Waals surface area contributed by atoms with Gasteiger partial charge in [-0.05, 0) is 25.0 Å². The topological polar surface area (TPSA) is 114 Å². The Balaban J connectivity index is 2.29. The molecule has 0 radical (unpaired) electrons. The average molecular weight is 341 g/mol. The number of carbonyl (C=O) groups is 1. The van der Waals surface area contributed by atoms with Gasteiger partial charge in [-0.1, -0.05) is 0 Å². The lowest BCUT2D eigenvalue weighted by molar-refractivity contribution is -0.384. The third kappa shape index (κ3) is 4.45. The highest BCUT2D eigenvalue weighted by Crippen LogP contribution is 2.32. The van der Waals surface area contributed by atoms with Gasteiger partial charge in [0.05, 0.1) is 29.9 Å². The molecule has 0 aliphatic carbocycles. The molecule has 0 N–H and O–H groups in total. The van der Waals surface area contributed by atoms with Gasteiger partial charge in [0, 0.05) is 37.8 Å². The van der Waals surface area contributed by atoms with E-state index in [2.05, 4.69) is 0 Å². The molecule has 25 heavy (non-hydrogen) atoms. The monoisotopic (exact) mass is 341 g/mol. The smallest absolute Gasteiger partial charge is 0.293 e. The molecule has 0 spiro atoms. The number of hydrogen-bond donors (Lipinski definition) is 0. The molecular formula is C17H19N5O3. The van der Waals surface area contributed by atoms with Gasteiger partial charge in [-0.2, -0.15) is 10.5 Å². The number of hydrogen-bond acceptors (Lipinski definition) is 6. The van der Waals surface area contributed by atoms with E-state index < -0.39 is 10.8 Å². The number of nitro groups is 1. The lowest BCUT2D eigenvalue weighted by Crippen LogP contribution is -2.33. The van der Waals surface area contributed by atoms with Gasteiger partial charge in [-0.15, -0.1) is 0 Å². The molecule has 1 aromatic rings. The summed E-state index contributed by atoms with van der Waals surface area (Å²) in [7, 11) is 0. The first-order valence-electron chi connectivity index (χ1n) is 8.15. The Bertz CT molecular complexity index is 711. The largest absolute Gasteiger partial charge is 0.366 e. The molecular weight excluding hydrogens is 322 g/mol. The third-order valence-electron chi connectivity index (χ3n) is 4.14. The summed E-state index contributed by atoms with van der Waals surface area (Å²) in [6.45, 7) is 1.92. The van der Waals surface area contributed by atoms with Crippen LogP contribution in [0, 0.1) is 32.8 Å². The summed E-state index contributed by atoms with van der Waals surface area (Å²) in [5, 5.41) is 28.9. The Hall–Kier alpha value is -3.13. The number of amides is 1. The van der Waals surface area contributed by atoms with E-state index in [1.54, 1.807) is 12.1 Å². The Kier molecular flexibility index (Phi) is 6.30. The SMILES string of the molecule is N#CCCN(CCC#N)C(=O)c1ccc(N2CCCC2)c([N+](=O)[O-])c1. The fourth-order valence-corrected chi connectivity index (χ4v) is 2.90. The molecule has 8 heteroatoms. The van der Waals surface area contributed by atoms with Crippen molar-refractivity contribution in [2.45, 2.75) is 25.7 Å². The zero-order chi connectivity index (χ0) is 18.2. The minimum absolute atomic E-state index is 0.0896. The second-order valence-corrected chi connectivity index (χ2v) is 5.76. The predicted octanol–water partition coefficient (Wildman–Crippen LogP) is 2.46. The molecule has 1 amide bonds. The lowest BCUT2D eigenvalue weighted by Gasteiger charge is -2.21. The number of benzene rings is 1. The van der Waals surface area contributed by atoms with Crippen LogP contribution in [0.15, 0.2) is 18.2 Å². The highest BCUT2D eigenvalue weighted by atomic mass is 16.6. The minimum Gasteiger partial charge on any atom is -0.366 e. The van der Waals surface area contributed by atoms with Crippen molar-refractivity contribution in [1.82, 2.24) is 4.90 Å². The van der Waals surface area contributed by atoms with Crippen LogP contribution in [-0.2, 0) is 0 Å². The first-order valence-corrected chi connectivity index (χ1v) is 8.15. The highest BCUT2D eigenvalue weighted by Gasteiger charge is 2.25. The van der Waals surface area contributed by atoms with Crippen molar-refractivity contribution in [2.75, 3.05) is 31.1 Å². The van der Waals surface area contributed by atoms with Crippen molar-refractivity contribution in [2.24, 2.45) is 0 Å². The van der Waals surface area contributed by atoms with Crippen LogP contribution >= 0.6 is 0 Å². The van der Waals surface area contributed by atoms with Gasteiger partial charge in [-0.3, -0.25) is 14.9 Å². The molecule has 1 saturated heterocycles. The molecule has 1 aliphatic rings. The van der Waals surface area contributed by atoms with Crippen molar-refractivity contribution in [3.05, 3.63) is 33.9 Å². The first kappa shape index (κ1) is 18.2. The summed E-state index contributed by atoms with van der Waals surface area (Å²) in [6, 6.07) is 8.42. The molecule has 0 bridgehead atoms. The molecule has 8 nitrogen and oxygen atoms in total. The normalized spacial score (nSPS) is 13.1. The maximum absolute atomic E-state index is 12.6. The predicted molar refractivity (Wildman–Crippen MR) is 90.9 cm³/mol. The Labute approximate surface area is 146 Å².